The van der Waals surface area contributed by atoms with Gasteiger partial charge in [0.05, 0.1) is 12.5 Å². The molecule has 1 N–H and O–H groups in total. The van der Waals surface area contributed by atoms with Crippen LogP contribution in [0.3, 0.4) is 0 Å². The van der Waals surface area contributed by atoms with Gasteiger partial charge >= 0.3 is 0 Å². The molecule has 1 heterocycles. The van der Waals surface area contributed by atoms with Crippen LogP contribution >= 0.6 is 0 Å². The zero-order chi connectivity index (χ0) is 11.4. The van der Waals surface area contributed by atoms with Crippen LogP contribution in [0.4, 0.5) is 0 Å². The van der Waals surface area contributed by atoms with Crippen LogP contribution in [-0.2, 0) is 9.53 Å². The molecule has 1 aliphatic carbocycles. The monoisotopic (exact) mass is 226 g/mol. The van der Waals surface area contributed by atoms with Crippen molar-refractivity contribution in [3.8, 4) is 0 Å². The van der Waals surface area contributed by atoms with E-state index in [0.29, 0.717) is 6.61 Å². The molecule has 16 heavy (non-hydrogen) atoms. The highest BCUT2D eigenvalue weighted by Crippen LogP contribution is 2.28. The number of nitrogens with one attached hydrogen (secondary N) is 1. The largest absolute Gasteiger partial charge is 0.379 e. The number of hydrogen-bond acceptors (Lipinski definition) is 3. The topological polar surface area (TPSA) is 41.6 Å². The van der Waals surface area contributed by atoms with E-state index in [9.17, 15) is 4.79 Å². The summed E-state index contributed by atoms with van der Waals surface area (Å²) in [6.45, 7) is 4.10. The molecule has 0 bridgehead atoms. The predicted octanol–water partition coefficient (Wildman–Crippen LogP) is 0.481. The van der Waals surface area contributed by atoms with Crippen LogP contribution in [0.2, 0.25) is 0 Å². The van der Waals surface area contributed by atoms with E-state index >= 15 is 0 Å². The molecule has 4 nitrogen and oxygen atoms in total. The van der Waals surface area contributed by atoms with Crippen LogP contribution in [0.25, 0.3) is 0 Å². The first-order valence-corrected chi connectivity index (χ1v) is 6.31. The summed E-state index contributed by atoms with van der Waals surface area (Å²) in [6.07, 6.45) is 3.62. The molecular weight excluding hydrogens is 204 g/mol. The molecule has 4 heteroatoms. The van der Waals surface area contributed by atoms with E-state index in [1.807, 2.05) is 11.9 Å². The van der Waals surface area contributed by atoms with E-state index in [4.69, 9.17) is 4.74 Å². The molecule has 1 atom stereocenters. The van der Waals surface area contributed by atoms with E-state index in [1.54, 1.807) is 0 Å². The summed E-state index contributed by atoms with van der Waals surface area (Å²) in [7, 11) is 1.88. The van der Waals surface area contributed by atoms with Gasteiger partial charge in [-0.25, -0.2) is 0 Å². The summed E-state index contributed by atoms with van der Waals surface area (Å²) in [5, 5.41) is 3.22. The molecular formula is C12H22N2O2. The fraction of sp³-hybridized carbons (Fsp3) is 0.917. The van der Waals surface area contributed by atoms with Gasteiger partial charge in [-0.1, -0.05) is 0 Å². The van der Waals surface area contributed by atoms with Gasteiger partial charge < -0.3 is 15.0 Å². The highest BCUT2D eigenvalue weighted by molar-refractivity contribution is 5.79. The molecule has 0 aromatic heterocycles. The zero-order valence-corrected chi connectivity index (χ0v) is 10.1. The van der Waals surface area contributed by atoms with Gasteiger partial charge in [0.1, 0.15) is 0 Å². The quantitative estimate of drug-likeness (QED) is 0.670. The molecule has 0 aromatic carbocycles. The van der Waals surface area contributed by atoms with Crippen LogP contribution < -0.4 is 5.32 Å². The lowest BCUT2D eigenvalue weighted by Gasteiger charge is -2.20. The van der Waals surface area contributed by atoms with Crippen molar-refractivity contribution in [1.82, 2.24) is 10.2 Å². The number of rotatable bonds is 6. The number of ether oxygens (including phenoxy) is 1. The molecule has 1 saturated heterocycles. The second-order valence-corrected chi connectivity index (χ2v) is 4.97. The average Bonchev–Trinajstić information content (AvgIpc) is 2.95. The minimum absolute atomic E-state index is 0.188. The molecule has 1 aliphatic heterocycles. The molecule has 2 aliphatic rings. The molecule has 0 spiro atoms. The molecule has 92 valence electrons. The van der Waals surface area contributed by atoms with Crippen molar-refractivity contribution in [2.75, 3.05) is 39.9 Å². The second kappa shape index (κ2) is 5.64. The van der Waals surface area contributed by atoms with Crippen molar-refractivity contribution >= 4 is 5.91 Å². The Morgan fingerprint density at radius 1 is 1.44 bits per heavy atom. The van der Waals surface area contributed by atoms with Crippen LogP contribution in [0.1, 0.15) is 19.3 Å². The molecule has 1 amide bonds. The second-order valence-electron chi connectivity index (χ2n) is 4.97. The lowest BCUT2D eigenvalue weighted by Crippen LogP contribution is -2.36. The third-order valence-electron chi connectivity index (χ3n) is 3.41. The minimum Gasteiger partial charge on any atom is -0.379 e. The maximum absolute atomic E-state index is 11.9. The highest BCUT2D eigenvalue weighted by Gasteiger charge is 2.25. The van der Waals surface area contributed by atoms with E-state index in [1.165, 1.54) is 12.8 Å². The van der Waals surface area contributed by atoms with Crippen molar-refractivity contribution < 1.29 is 9.53 Å². The number of likely N-dealkylation sites (N-methyl/N-ethyl adjacent to an activating group) is 1. The van der Waals surface area contributed by atoms with Crippen molar-refractivity contribution in [1.29, 1.82) is 0 Å². The first kappa shape index (κ1) is 11.9. The molecule has 2 rings (SSSR count). The summed E-state index contributed by atoms with van der Waals surface area (Å²) in [4.78, 5) is 13.7. The first-order valence-electron chi connectivity index (χ1n) is 6.31. The Kier molecular flexibility index (Phi) is 4.18. The Morgan fingerprint density at radius 2 is 2.25 bits per heavy atom. The van der Waals surface area contributed by atoms with Gasteiger partial charge in [0.15, 0.2) is 0 Å². The smallest absolute Gasteiger partial charge is 0.226 e. The van der Waals surface area contributed by atoms with Crippen LogP contribution in [0.5, 0.6) is 0 Å². The molecule has 0 radical (unpaired) electrons. The lowest BCUT2D eigenvalue weighted by molar-refractivity contribution is -0.134. The van der Waals surface area contributed by atoms with Gasteiger partial charge in [-0.15, -0.1) is 0 Å². The van der Waals surface area contributed by atoms with Gasteiger partial charge in [0.2, 0.25) is 5.91 Å². The summed E-state index contributed by atoms with van der Waals surface area (Å²) in [6, 6.07) is 0. The Hall–Kier alpha value is -0.610. The number of nitrogens with zero attached hydrogens (tertiary/aromatic N) is 1. The van der Waals surface area contributed by atoms with Gasteiger partial charge in [0, 0.05) is 26.7 Å². The fourth-order valence-electron chi connectivity index (χ4n) is 2.02. The van der Waals surface area contributed by atoms with E-state index in [0.717, 1.165) is 38.6 Å². The van der Waals surface area contributed by atoms with E-state index < -0.39 is 0 Å². The number of carbonyl (C=O) groups excluding carboxylic acids is 1. The van der Waals surface area contributed by atoms with Crippen LogP contribution in [0.15, 0.2) is 0 Å². The SMILES string of the molecule is CN(CCOCC1CC1)C(=O)C1CCNC1. The van der Waals surface area contributed by atoms with Gasteiger partial charge in [-0.2, -0.15) is 0 Å². The third-order valence-corrected chi connectivity index (χ3v) is 3.41. The Morgan fingerprint density at radius 3 is 2.88 bits per heavy atom. The Labute approximate surface area is 97.3 Å². The summed E-state index contributed by atoms with van der Waals surface area (Å²) < 4.78 is 5.53. The maximum atomic E-state index is 11.9. The molecule has 1 unspecified atom stereocenters. The van der Waals surface area contributed by atoms with Crippen molar-refractivity contribution in [2.24, 2.45) is 11.8 Å². The number of amides is 1. The standard InChI is InChI=1S/C12H22N2O2/c1-14(6-7-16-9-10-2-3-10)12(15)11-4-5-13-8-11/h10-11,13H,2-9H2,1H3. The highest BCUT2D eigenvalue weighted by atomic mass is 16.5. The first-order chi connectivity index (χ1) is 7.77. The van der Waals surface area contributed by atoms with Crippen LogP contribution in [-0.4, -0.2) is 50.7 Å². The summed E-state index contributed by atoms with van der Waals surface area (Å²) in [5.74, 6) is 1.26. The van der Waals surface area contributed by atoms with E-state index in [2.05, 4.69) is 5.32 Å². The zero-order valence-electron chi connectivity index (χ0n) is 10.1. The molecule has 1 saturated carbocycles. The van der Waals surface area contributed by atoms with Crippen molar-refractivity contribution in [3.63, 3.8) is 0 Å². The Bertz CT molecular complexity index is 235. The van der Waals surface area contributed by atoms with Gasteiger partial charge in [0.25, 0.3) is 0 Å². The average molecular weight is 226 g/mol. The van der Waals surface area contributed by atoms with Crippen LogP contribution in [0, 0.1) is 11.8 Å². The number of hydrogen-bond donors (Lipinski definition) is 1. The Balaban J connectivity index is 1.57. The third kappa shape index (κ3) is 3.46. The predicted molar refractivity (Wildman–Crippen MR) is 62.2 cm³/mol. The van der Waals surface area contributed by atoms with Crippen molar-refractivity contribution in [3.05, 3.63) is 0 Å². The maximum Gasteiger partial charge on any atom is 0.226 e. The van der Waals surface area contributed by atoms with E-state index in [-0.39, 0.29) is 11.8 Å². The summed E-state index contributed by atoms with van der Waals surface area (Å²) >= 11 is 0. The summed E-state index contributed by atoms with van der Waals surface area (Å²) in [5.41, 5.74) is 0. The minimum atomic E-state index is 0.188. The molecule has 2 fully saturated rings. The lowest BCUT2D eigenvalue weighted by atomic mass is 10.1. The number of carbonyl (C=O) groups is 1. The van der Waals surface area contributed by atoms with Gasteiger partial charge in [-0.3, -0.25) is 4.79 Å². The molecule has 0 aromatic rings. The van der Waals surface area contributed by atoms with Gasteiger partial charge in [-0.05, 0) is 31.7 Å². The fourth-order valence-corrected chi connectivity index (χ4v) is 2.02. The van der Waals surface area contributed by atoms with Crippen molar-refractivity contribution in [2.45, 2.75) is 19.3 Å². The normalized spacial score (nSPS) is 24.7.